The number of amides is 1. The van der Waals surface area contributed by atoms with Gasteiger partial charge in [-0.1, -0.05) is 11.8 Å². The number of rotatable bonds is 5. The summed E-state index contributed by atoms with van der Waals surface area (Å²) in [6.07, 6.45) is 1.61. The number of anilines is 1. The lowest BCUT2D eigenvalue weighted by atomic mass is 10.2. The van der Waals surface area contributed by atoms with Crippen molar-refractivity contribution in [1.29, 1.82) is 5.26 Å². The summed E-state index contributed by atoms with van der Waals surface area (Å²) in [6, 6.07) is 10.6. The molecule has 0 aliphatic heterocycles. The topological polar surface area (TPSA) is 96.7 Å². The fraction of sp³-hybridized carbons (Fsp3) is 0.176. The van der Waals surface area contributed by atoms with Gasteiger partial charge in [0, 0.05) is 12.7 Å². The van der Waals surface area contributed by atoms with Crippen LogP contribution in [-0.4, -0.2) is 26.4 Å². The minimum atomic E-state index is -0.154. The summed E-state index contributed by atoms with van der Waals surface area (Å²) in [5, 5.41) is 20.5. The van der Waals surface area contributed by atoms with Crippen LogP contribution in [0.25, 0.3) is 11.4 Å². The first-order chi connectivity index (χ1) is 12.1. The molecule has 0 bridgehead atoms. The molecule has 2 heterocycles. The molecule has 0 unspecified atom stereocenters. The van der Waals surface area contributed by atoms with Gasteiger partial charge in [0.15, 0.2) is 11.0 Å². The SMILES string of the molecule is Cc1occc1-c1nnc(SCC(=O)Nc2ccc(C#N)cc2)n1C. The number of furan rings is 1. The zero-order valence-electron chi connectivity index (χ0n) is 13.7. The highest BCUT2D eigenvalue weighted by atomic mass is 32.2. The predicted molar refractivity (Wildman–Crippen MR) is 94.0 cm³/mol. The Bertz CT molecular complexity index is 937. The minimum absolute atomic E-state index is 0.154. The van der Waals surface area contributed by atoms with Crippen molar-refractivity contribution < 1.29 is 9.21 Å². The van der Waals surface area contributed by atoms with Gasteiger partial charge in [0.1, 0.15) is 5.76 Å². The number of carbonyl (C=O) groups is 1. The lowest BCUT2D eigenvalue weighted by molar-refractivity contribution is -0.113. The molecule has 1 N–H and O–H groups in total. The molecule has 126 valence electrons. The van der Waals surface area contributed by atoms with E-state index < -0.39 is 0 Å². The monoisotopic (exact) mass is 353 g/mol. The molecule has 1 aromatic carbocycles. The number of nitrogens with one attached hydrogen (secondary N) is 1. The summed E-state index contributed by atoms with van der Waals surface area (Å²) in [4.78, 5) is 12.1. The number of aryl methyl sites for hydroxylation is 1. The number of aromatic nitrogens is 3. The summed E-state index contributed by atoms with van der Waals surface area (Å²) in [5.41, 5.74) is 2.08. The average molecular weight is 353 g/mol. The molecule has 0 aliphatic rings. The highest BCUT2D eigenvalue weighted by molar-refractivity contribution is 7.99. The Hall–Kier alpha value is -3.05. The maximum absolute atomic E-state index is 12.1. The Morgan fingerprint density at radius 2 is 2.08 bits per heavy atom. The molecule has 8 heteroatoms. The summed E-state index contributed by atoms with van der Waals surface area (Å²) in [5.74, 6) is 1.52. The van der Waals surface area contributed by atoms with Crippen LogP contribution in [0.5, 0.6) is 0 Å². The van der Waals surface area contributed by atoms with E-state index in [0.717, 1.165) is 11.3 Å². The standard InChI is InChI=1S/C17H15N5O2S/c1-11-14(7-8-24-11)16-20-21-17(22(16)2)25-10-15(23)19-13-5-3-12(9-18)4-6-13/h3-8H,10H2,1-2H3,(H,19,23). The Labute approximate surface area is 148 Å². The predicted octanol–water partition coefficient (Wildman–Crippen LogP) is 2.99. The maximum Gasteiger partial charge on any atom is 0.234 e. The summed E-state index contributed by atoms with van der Waals surface area (Å²) in [7, 11) is 1.85. The van der Waals surface area contributed by atoms with Crippen LogP contribution in [0.2, 0.25) is 0 Å². The number of nitriles is 1. The van der Waals surface area contributed by atoms with Crippen molar-refractivity contribution in [3.8, 4) is 17.5 Å². The largest absolute Gasteiger partial charge is 0.469 e. The molecule has 25 heavy (non-hydrogen) atoms. The third kappa shape index (κ3) is 3.72. The molecule has 0 aliphatic carbocycles. The molecule has 0 radical (unpaired) electrons. The van der Waals surface area contributed by atoms with Gasteiger partial charge in [0.05, 0.1) is 29.2 Å². The Kier molecular flexibility index (Phi) is 4.86. The van der Waals surface area contributed by atoms with Crippen LogP contribution in [0.15, 0.2) is 46.2 Å². The van der Waals surface area contributed by atoms with E-state index in [1.165, 1.54) is 11.8 Å². The van der Waals surface area contributed by atoms with Crippen molar-refractivity contribution in [2.45, 2.75) is 12.1 Å². The normalized spacial score (nSPS) is 10.4. The molecular formula is C17H15N5O2S. The molecule has 7 nitrogen and oxygen atoms in total. The zero-order chi connectivity index (χ0) is 17.8. The number of nitrogens with zero attached hydrogens (tertiary/aromatic N) is 4. The van der Waals surface area contributed by atoms with Crippen LogP contribution in [0.3, 0.4) is 0 Å². The first kappa shape index (κ1) is 16.8. The smallest absolute Gasteiger partial charge is 0.234 e. The Morgan fingerprint density at radius 3 is 2.72 bits per heavy atom. The van der Waals surface area contributed by atoms with E-state index in [1.807, 2.05) is 30.7 Å². The van der Waals surface area contributed by atoms with Gasteiger partial charge in [-0.25, -0.2) is 0 Å². The van der Waals surface area contributed by atoms with Crippen molar-refractivity contribution in [3.05, 3.63) is 47.9 Å². The zero-order valence-corrected chi connectivity index (χ0v) is 14.5. The minimum Gasteiger partial charge on any atom is -0.469 e. The van der Waals surface area contributed by atoms with Gasteiger partial charge >= 0.3 is 0 Å². The van der Waals surface area contributed by atoms with Gasteiger partial charge in [0.25, 0.3) is 0 Å². The van der Waals surface area contributed by atoms with Gasteiger partial charge in [-0.2, -0.15) is 5.26 Å². The van der Waals surface area contributed by atoms with Crippen LogP contribution in [0.1, 0.15) is 11.3 Å². The molecule has 0 saturated heterocycles. The number of benzene rings is 1. The van der Waals surface area contributed by atoms with Gasteiger partial charge in [-0.3, -0.25) is 4.79 Å². The summed E-state index contributed by atoms with van der Waals surface area (Å²) >= 11 is 1.30. The third-order valence-electron chi connectivity index (χ3n) is 3.56. The van der Waals surface area contributed by atoms with Crippen molar-refractivity contribution in [2.75, 3.05) is 11.1 Å². The quantitative estimate of drug-likeness (QED) is 0.708. The average Bonchev–Trinajstić information content (AvgIpc) is 3.19. The van der Waals surface area contributed by atoms with Crippen LogP contribution in [-0.2, 0) is 11.8 Å². The number of hydrogen-bond donors (Lipinski definition) is 1. The second-order valence-electron chi connectivity index (χ2n) is 5.28. The number of carbonyl (C=O) groups excluding carboxylic acids is 1. The second kappa shape index (κ2) is 7.23. The molecule has 0 saturated carbocycles. The van der Waals surface area contributed by atoms with Gasteiger partial charge in [-0.15, -0.1) is 10.2 Å². The number of thioether (sulfide) groups is 1. The van der Waals surface area contributed by atoms with E-state index in [4.69, 9.17) is 9.68 Å². The lowest BCUT2D eigenvalue weighted by Crippen LogP contribution is -2.14. The van der Waals surface area contributed by atoms with E-state index in [-0.39, 0.29) is 11.7 Å². The van der Waals surface area contributed by atoms with E-state index in [9.17, 15) is 4.79 Å². The van der Waals surface area contributed by atoms with Crippen molar-refractivity contribution >= 4 is 23.4 Å². The summed E-state index contributed by atoms with van der Waals surface area (Å²) in [6.45, 7) is 1.86. The first-order valence-corrected chi connectivity index (χ1v) is 8.43. The molecular weight excluding hydrogens is 338 g/mol. The molecule has 0 atom stereocenters. The second-order valence-corrected chi connectivity index (χ2v) is 6.22. The van der Waals surface area contributed by atoms with Gasteiger partial charge < -0.3 is 14.3 Å². The van der Waals surface area contributed by atoms with E-state index in [0.29, 0.717) is 22.2 Å². The fourth-order valence-electron chi connectivity index (χ4n) is 2.25. The fourth-order valence-corrected chi connectivity index (χ4v) is 2.96. The molecule has 1 amide bonds. The highest BCUT2D eigenvalue weighted by Gasteiger charge is 2.15. The molecule has 3 rings (SSSR count). The van der Waals surface area contributed by atoms with Gasteiger partial charge in [0.2, 0.25) is 5.91 Å². The van der Waals surface area contributed by atoms with E-state index in [2.05, 4.69) is 15.5 Å². The molecule has 2 aromatic heterocycles. The van der Waals surface area contributed by atoms with Crippen molar-refractivity contribution in [1.82, 2.24) is 14.8 Å². The maximum atomic E-state index is 12.1. The molecule has 0 fully saturated rings. The highest BCUT2D eigenvalue weighted by Crippen LogP contribution is 2.25. The summed E-state index contributed by atoms with van der Waals surface area (Å²) < 4.78 is 7.12. The molecule has 0 spiro atoms. The van der Waals surface area contributed by atoms with Gasteiger partial charge in [-0.05, 0) is 37.3 Å². The number of hydrogen-bond acceptors (Lipinski definition) is 6. The Morgan fingerprint density at radius 1 is 1.32 bits per heavy atom. The third-order valence-corrected chi connectivity index (χ3v) is 4.58. The van der Waals surface area contributed by atoms with Crippen molar-refractivity contribution in [2.24, 2.45) is 7.05 Å². The van der Waals surface area contributed by atoms with Crippen molar-refractivity contribution in [3.63, 3.8) is 0 Å². The first-order valence-electron chi connectivity index (χ1n) is 7.45. The van der Waals surface area contributed by atoms with Crippen LogP contribution < -0.4 is 5.32 Å². The van der Waals surface area contributed by atoms with Crippen LogP contribution in [0, 0.1) is 18.3 Å². The van der Waals surface area contributed by atoms with Crippen LogP contribution in [0.4, 0.5) is 5.69 Å². The molecule has 3 aromatic rings. The van der Waals surface area contributed by atoms with E-state index >= 15 is 0 Å². The lowest BCUT2D eigenvalue weighted by Gasteiger charge is -2.05. The van der Waals surface area contributed by atoms with Crippen LogP contribution >= 0.6 is 11.8 Å². The Balaban J connectivity index is 1.62. The van der Waals surface area contributed by atoms with E-state index in [1.54, 1.807) is 30.5 Å².